The van der Waals surface area contributed by atoms with Crippen molar-refractivity contribution in [1.82, 2.24) is 10.7 Å². The molecule has 2 aliphatic rings. The molecule has 4 atom stereocenters. The van der Waals surface area contributed by atoms with Gasteiger partial charge in [-0.25, -0.2) is 5.43 Å². The van der Waals surface area contributed by atoms with Crippen molar-refractivity contribution in [3.05, 3.63) is 58.5 Å². The van der Waals surface area contributed by atoms with Gasteiger partial charge in [0.2, 0.25) is 5.91 Å². The number of nitrogens with zero attached hydrogens (tertiary/aromatic N) is 1. The number of Topliss-reactive ketones (excluding diaryl/α,β-unsaturated/α-hetero) is 1. The summed E-state index contributed by atoms with van der Waals surface area (Å²) in [4.78, 5) is 48.5. The summed E-state index contributed by atoms with van der Waals surface area (Å²) in [6.07, 6.45) is 8.93. The number of hydrogen-bond donors (Lipinski definition) is 2. The highest BCUT2D eigenvalue weighted by Crippen LogP contribution is 2.54. The molecule has 8 nitrogen and oxygen atoms in total. The summed E-state index contributed by atoms with van der Waals surface area (Å²) in [7, 11) is 2.97. The normalized spacial score (nSPS) is 22.8. The molecule has 0 aliphatic heterocycles. The number of hydrogen-bond acceptors (Lipinski definition) is 6. The Morgan fingerprint density at radius 2 is 1.90 bits per heavy atom. The lowest BCUT2D eigenvalue weighted by molar-refractivity contribution is -0.136. The number of rotatable bonds is 10. The maximum atomic E-state index is 13.3. The van der Waals surface area contributed by atoms with E-state index in [4.69, 9.17) is 4.74 Å². The Hall–Kier alpha value is -3.13. The molecule has 8 heteroatoms. The number of carbonyl (C=O) groups excluding carboxylic acids is 3. The SMILES string of the molecule is CNC(=O)C(C(=O)NN=O)C1C(CCOC)C1C(=O)c1ccc(C2=CCCC=C2)cc1. The summed E-state index contributed by atoms with van der Waals surface area (Å²) in [5, 5.41) is 4.85. The summed E-state index contributed by atoms with van der Waals surface area (Å²) >= 11 is 0. The lowest BCUT2D eigenvalue weighted by atomic mass is 9.95. The Morgan fingerprint density at radius 1 is 1.16 bits per heavy atom. The summed E-state index contributed by atoms with van der Waals surface area (Å²) in [5.41, 5.74) is 4.51. The number of amides is 2. The van der Waals surface area contributed by atoms with Crippen LogP contribution in [0.1, 0.15) is 35.2 Å². The molecule has 164 valence electrons. The maximum absolute atomic E-state index is 13.3. The van der Waals surface area contributed by atoms with E-state index in [1.165, 1.54) is 7.05 Å². The second-order valence-electron chi connectivity index (χ2n) is 7.79. The molecule has 0 bridgehead atoms. The first-order chi connectivity index (χ1) is 15.0. The fraction of sp³-hybridized carbons (Fsp3) is 0.435. The summed E-state index contributed by atoms with van der Waals surface area (Å²) in [6.45, 7) is 0.401. The minimum absolute atomic E-state index is 0.119. The van der Waals surface area contributed by atoms with Gasteiger partial charge in [0.05, 0.1) is 5.29 Å². The number of benzene rings is 1. The van der Waals surface area contributed by atoms with Crippen LogP contribution in [-0.2, 0) is 14.3 Å². The van der Waals surface area contributed by atoms with E-state index in [1.54, 1.807) is 19.2 Å². The Labute approximate surface area is 181 Å². The third-order valence-corrected chi connectivity index (χ3v) is 6.04. The van der Waals surface area contributed by atoms with E-state index in [2.05, 4.69) is 28.8 Å². The van der Waals surface area contributed by atoms with E-state index in [0.717, 1.165) is 24.0 Å². The van der Waals surface area contributed by atoms with Gasteiger partial charge in [-0.05, 0) is 42.2 Å². The van der Waals surface area contributed by atoms with Gasteiger partial charge in [0.25, 0.3) is 5.91 Å². The largest absolute Gasteiger partial charge is 0.385 e. The van der Waals surface area contributed by atoms with Crippen molar-refractivity contribution in [2.24, 2.45) is 29.0 Å². The Kier molecular flexibility index (Phi) is 7.46. The van der Waals surface area contributed by atoms with Gasteiger partial charge in [0.1, 0.15) is 5.92 Å². The van der Waals surface area contributed by atoms with Gasteiger partial charge in [-0.2, -0.15) is 0 Å². The molecular weight excluding hydrogens is 398 g/mol. The average molecular weight is 425 g/mol. The molecule has 0 spiro atoms. The first kappa shape index (κ1) is 22.6. The third-order valence-electron chi connectivity index (χ3n) is 6.04. The summed E-state index contributed by atoms with van der Waals surface area (Å²) in [5.74, 6) is -3.86. The van der Waals surface area contributed by atoms with Crippen molar-refractivity contribution in [1.29, 1.82) is 0 Å². The number of nitrogens with one attached hydrogen (secondary N) is 2. The van der Waals surface area contributed by atoms with Crippen molar-refractivity contribution in [3.63, 3.8) is 0 Å². The van der Waals surface area contributed by atoms with Crippen LogP contribution in [-0.4, -0.2) is 38.4 Å². The highest BCUT2D eigenvalue weighted by Gasteiger charge is 2.60. The van der Waals surface area contributed by atoms with E-state index in [-0.39, 0.29) is 11.7 Å². The second kappa shape index (κ2) is 10.3. The topological polar surface area (TPSA) is 114 Å². The Bertz CT molecular complexity index is 906. The molecule has 31 heavy (non-hydrogen) atoms. The predicted molar refractivity (Wildman–Crippen MR) is 116 cm³/mol. The fourth-order valence-electron chi connectivity index (χ4n) is 4.44. The fourth-order valence-corrected chi connectivity index (χ4v) is 4.44. The summed E-state index contributed by atoms with van der Waals surface area (Å²) < 4.78 is 5.14. The van der Waals surface area contributed by atoms with E-state index < -0.39 is 29.6 Å². The van der Waals surface area contributed by atoms with E-state index in [9.17, 15) is 19.3 Å². The zero-order valence-corrected chi connectivity index (χ0v) is 17.7. The van der Waals surface area contributed by atoms with Crippen LogP contribution in [0.25, 0.3) is 5.57 Å². The molecular formula is C23H27N3O5. The molecule has 0 saturated heterocycles. The number of ketones is 1. The van der Waals surface area contributed by atoms with Crippen LogP contribution in [0.5, 0.6) is 0 Å². The molecule has 1 saturated carbocycles. The minimum atomic E-state index is -1.17. The van der Waals surface area contributed by atoms with Gasteiger partial charge >= 0.3 is 0 Å². The number of methoxy groups -OCH3 is 1. The van der Waals surface area contributed by atoms with Crippen molar-refractivity contribution in [3.8, 4) is 0 Å². The third kappa shape index (κ3) is 4.96. The zero-order chi connectivity index (χ0) is 22.4. The minimum Gasteiger partial charge on any atom is -0.385 e. The van der Waals surface area contributed by atoms with Crippen LogP contribution >= 0.6 is 0 Å². The zero-order valence-electron chi connectivity index (χ0n) is 17.7. The Morgan fingerprint density at radius 3 is 2.48 bits per heavy atom. The highest BCUT2D eigenvalue weighted by molar-refractivity contribution is 6.05. The number of ether oxygens (including phenoxy) is 1. The smallest absolute Gasteiger partial charge is 0.255 e. The van der Waals surface area contributed by atoms with Crippen molar-refractivity contribution >= 4 is 23.2 Å². The van der Waals surface area contributed by atoms with Gasteiger partial charge in [0.15, 0.2) is 5.78 Å². The predicted octanol–water partition coefficient (Wildman–Crippen LogP) is 2.66. The van der Waals surface area contributed by atoms with Gasteiger partial charge in [-0.3, -0.25) is 14.4 Å². The highest BCUT2D eigenvalue weighted by atomic mass is 16.5. The molecule has 0 aromatic heterocycles. The van der Waals surface area contributed by atoms with Gasteiger partial charge in [0, 0.05) is 32.2 Å². The number of nitroso groups, excluding NO2 is 1. The van der Waals surface area contributed by atoms with E-state index in [0.29, 0.717) is 18.6 Å². The molecule has 2 N–H and O–H groups in total. The monoisotopic (exact) mass is 425 g/mol. The molecule has 0 heterocycles. The molecule has 1 fully saturated rings. The van der Waals surface area contributed by atoms with Crippen LogP contribution in [0, 0.1) is 28.6 Å². The summed E-state index contributed by atoms with van der Waals surface area (Å²) in [6, 6.07) is 7.39. The first-order valence-corrected chi connectivity index (χ1v) is 10.4. The first-order valence-electron chi connectivity index (χ1n) is 10.4. The van der Waals surface area contributed by atoms with Crippen molar-refractivity contribution in [2.45, 2.75) is 19.3 Å². The molecule has 2 aliphatic carbocycles. The van der Waals surface area contributed by atoms with Crippen LogP contribution in [0.4, 0.5) is 0 Å². The van der Waals surface area contributed by atoms with Crippen molar-refractivity contribution < 1.29 is 19.1 Å². The van der Waals surface area contributed by atoms with Gasteiger partial charge < -0.3 is 10.1 Å². The molecule has 0 radical (unpaired) electrons. The van der Waals surface area contributed by atoms with Crippen LogP contribution in [0.2, 0.25) is 0 Å². The molecule has 2 amide bonds. The quantitative estimate of drug-likeness (QED) is 0.259. The molecule has 1 aromatic carbocycles. The molecule has 3 rings (SSSR count). The van der Waals surface area contributed by atoms with Crippen LogP contribution in [0.3, 0.4) is 0 Å². The lowest BCUT2D eigenvalue weighted by Crippen LogP contribution is -2.40. The van der Waals surface area contributed by atoms with Gasteiger partial charge in [-0.15, -0.1) is 4.91 Å². The average Bonchev–Trinajstić information content (AvgIpc) is 3.51. The van der Waals surface area contributed by atoms with E-state index in [1.807, 2.05) is 17.6 Å². The van der Waals surface area contributed by atoms with Gasteiger partial charge in [-0.1, -0.05) is 42.5 Å². The lowest BCUT2D eigenvalue weighted by Gasteiger charge is -2.13. The Balaban J connectivity index is 1.82. The maximum Gasteiger partial charge on any atom is 0.255 e. The molecule has 4 unspecified atom stereocenters. The van der Waals surface area contributed by atoms with Crippen LogP contribution in [0.15, 0.2) is 47.8 Å². The second-order valence-corrected chi connectivity index (χ2v) is 7.79. The van der Waals surface area contributed by atoms with Crippen LogP contribution < -0.4 is 10.7 Å². The standard InChI is InChI=1S/C23H27N3O5/c1-24-22(28)20(23(29)25-26-30)18-17(12-13-31-2)19(18)21(27)16-10-8-15(9-11-16)14-6-4-3-5-7-14/h4,6-11,17-20H,3,5,12-13H2,1-2H3,(H,24,28)(H,25,29,30). The van der Waals surface area contributed by atoms with E-state index >= 15 is 0 Å². The number of allylic oxidation sites excluding steroid dienone is 4. The van der Waals surface area contributed by atoms with Crippen molar-refractivity contribution in [2.75, 3.05) is 20.8 Å². The molecule has 1 aromatic rings. The number of carbonyl (C=O) groups is 3.